The second-order valence-electron chi connectivity index (χ2n) is 3.56. The van der Waals surface area contributed by atoms with E-state index in [-0.39, 0.29) is 11.8 Å². The van der Waals surface area contributed by atoms with Crippen molar-refractivity contribution in [2.24, 2.45) is 0 Å². The van der Waals surface area contributed by atoms with Gasteiger partial charge in [-0.2, -0.15) is 4.98 Å². The van der Waals surface area contributed by atoms with Crippen molar-refractivity contribution >= 4 is 11.9 Å². The van der Waals surface area contributed by atoms with Gasteiger partial charge >= 0.3 is 6.01 Å². The Hall–Kier alpha value is -2.24. The van der Waals surface area contributed by atoms with Gasteiger partial charge in [0.25, 0.3) is 5.91 Å². The minimum Gasteiger partial charge on any atom is -0.315 e. The third-order valence-corrected chi connectivity index (χ3v) is 2.17. The molecule has 0 bridgehead atoms. The van der Waals surface area contributed by atoms with Gasteiger partial charge in [-0.3, -0.25) is 10.1 Å². The summed E-state index contributed by atoms with van der Waals surface area (Å²) in [6, 6.07) is 4.10. The van der Waals surface area contributed by atoms with Crippen LogP contribution < -0.4 is 5.32 Å². The number of amides is 1. The van der Waals surface area contributed by atoms with Gasteiger partial charge in [0.15, 0.2) is 5.82 Å². The fourth-order valence-corrected chi connectivity index (χ4v) is 1.30. The van der Waals surface area contributed by atoms with Crippen molar-refractivity contribution in [2.75, 3.05) is 5.32 Å². The molecule has 17 heavy (non-hydrogen) atoms. The smallest absolute Gasteiger partial charge is 0.315 e. The molecule has 88 valence electrons. The van der Waals surface area contributed by atoms with E-state index >= 15 is 0 Å². The van der Waals surface area contributed by atoms with Crippen LogP contribution in [0.25, 0.3) is 0 Å². The Balaban J connectivity index is 2.17. The van der Waals surface area contributed by atoms with E-state index in [9.17, 15) is 9.18 Å². The molecule has 1 aromatic heterocycles. The Morgan fingerprint density at radius 2 is 2.18 bits per heavy atom. The predicted octanol–water partition coefficient (Wildman–Crippen LogP) is 2.08. The van der Waals surface area contributed by atoms with Crippen molar-refractivity contribution < 1.29 is 13.7 Å². The van der Waals surface area contributed by atoms with E-state index in [0.717, 1.165) is 0 Å². The number of benzene rings is 1. The Labute approximate surface area is 96.6 Å². The number of carbonyl (C=O) groups is 1. The minimum atomic E-state index is -0.420. The first-order valence-corrected chi connectivity index (χ1v) is 4.94. The average Bonchev–Trinajstić information content (AvgIpc) is 2.68. The Morgan fingerprint density at radius 1 is 1.41 bits per heavy atom. The zero-order chi connectivity index (χ0) is 12.4. The molecule has 2 aromatic rings. The van der Waals surface area contributed by atoms with E-state index < -0.39 is 5.91 Å². The molecule has 1 N–H and O–H groups in total. The molecule has 0 fully saturated rings. The molecule has 1 amide bonds. The molecule has 5 nitrogen and oxygen atoms in total. The maximum Gasteiger partial charge on any atom is 0.328 e. The van der Waals surface area contributed by atoms with Crippen LogP contribution in [0.1, 0.15) is 21.7 Å². The van der Waals surface area contributed by atoms with Crippen molar-refractivity contribution in [2.45, 2.75) is 13.8 Å². The number of rotatable bonds is 2. The van der Waals surface area contributed by atoms with Crippen LogP contribution in [-0.2, 0) is 0 Å². The maximum absolute atomic E-state index is 13.0. The molecule has 0 radical (unpaired) electrons. The first-order chi connectivity index (χ1) is 8.06. The molecule has 6 heteroatoms. The van der Waals surface area contributed by atoms with Gasteiger partial charge < -0.3 is 4.52 Å². The summed E-state index contributed by atoms with van der Waals surface area (Å²) in [5.41, 5.74) is 0.735. The van der Waals surface area contributed by atoms with Crippen LogP contribution in [0.3, 0.4) is 0 Å². The van der Waals surface area contributed by atoms with E-state index in [4.69, 9.17) is 4.52 Å². The van der Waals surface area contributed by atoms with E-state index in [1.54, 1.807) is 13.8 Å². The van der Waals surface area contributed by atoms with E-state index in [0.29, 0.717) is 17.0 Å². The van der Waals surface area contributed by atoms with Gasteiger partial charge in [0, 0.05) is 5.56 Å². The van der Waals surface area contributed by atoms with Gasteiger partial charge in [-0.15, -0.1) is 0 Å². The molecule has 0 spiro atoms. The van der Waals surface area contributed by atoms with Crippen molar-refractivity contribution in [3.63, 3.8) is 0 Å². The van der Waals surface area contributed by atoms with Gasteiger partial charge in [-0.05, 0) is 37.6 Å². The summed E-state index contributed by atoms with van der Waals surface area (Å²) in [4.78, 5) is 15.6. The molecule has 0 saturated carbocycles. The molecule has 1 aromatic carbocycles. The minimum absolute atomic E-state index is 0.0227. The lowest BCUT2D eigenvalue weighted by atomic mass is 10.1. The van der Waals surface area contributed by atoms with Gasteiger partial charge in [-0.25, -0.2) is 4.39 Å². The van der Waals surface area contributed by atoms with Gasteiger partial charge in [0.1, 0.15) is 5.82 Å². The largest absolute Gasteiger partial charge is 0.328 e. The highest BCUT2D eigenvalue weighted by atomic mass is 19.1. The van der Waals surface area contributed by atoms with Crippen LogP contribution in [0, 0.1) is 19.7 Å². The van der Waals surface area contributed by atoms with Crippen LogP contribution >= 0.6 is 0 Å². The van der Waals surface area contributed by atoms with Crippen molar-refractivity contribution in [1.29, 1.82) is 0 Å². The number of nitrogens with one attached hydrogen (secondary N) is 1. The van der Waals surface area contributed by atoms with Gasteiger partial charge in [-0.1, -0.05) is 5.16 Å². The molecule has 1 heterocycles. The lowest BCUT2D eigenvalue weighted by molar-refractivity contribution is 0.102. The van der Waals surface area contributed by atoms with Crippen molar-refractivity contribution in [1.82, 2.24) is 10.1 Å². The highest BCUT2D eigenvalue weighted by molar-refractivity contribution is 6.03. The summed E-state index contributed by atoms with van der Waals surface area (Å²) in [5.74, 6) is -0.345. The number of hydrogen-bond donors (Lipinski definition) is 1. The number of anilines is 1. The standard InChI is InChI=1S/C11H10FN3O2/c1-6-5-8(3-4-9(6)12)10(16)14-11-13-7(2)15-17-11/h3-5H,1-2H3,(H,13,14,15,16). The lowest BCUT2D eigenvalue weighted by Crippen LogP contribution is -2.12. The summed E-state index contributed by atoms with van der Waals surface area (Å²) < 4.78 is 17.8. The zero-order valence-electron chi connectivity index (χ0n) is 9.32. The second kappa shape index (κ2) is 4.32. The number of nitrogens with zero attached hydrogens (tertiary/aromatic N) is 2. The maximum atomic E-state index is 13.0. The van der Waals surface area contributed by atoms with Crippen LogP contribution in [0.15, 0.2) is 22.7 Å². The molecule has 0 aliphatic heterocycles. The molecule has 0 atom stereocenters. The number of carbonyl (C=O) groups excluding carboxylic acids is 1. The summed E-state index contributed by atoms with van der Waals surface area (Å²) in [7, 11) is 0. The van der Waals surface area contributed by atoms with Gasteiger partial charge in [0.05, 0.1) is 0 Å². The van der Waals surface area contributed by atoms with Gasteiger partial charge in [0.2, 0.25) is 0 Å². The summed E-state index contributed by atoms with van der Waals surface area (Å²) >= 11 is 0. The molecule has 0 aliphatic carbocycles. The Kier molecular flexibility index (Phi) is 2.86. The van der Waals surface area contributed by atoms with E-state index in [1.165, 1.54) is 18.2 Å². The predicted molar refractivity (Wildman–Crippen MR) is 58.1 cm³/mol. The first kappa shape index (κ1) is 11.3. The third-order valence-electron chi connectivity index (χ3n) is 2.17. The SMILES string of the molecule is Cc1noc(NC(=O)c2ccc(F)c(C)c2)n1. The van der Waals surface area contributed by atoms with Crippen molar-refractivity contribution in [3.05, 3.63) is 41.0 Å². The normalized spacial score (nSPS) is 10.3. The van der Waals surface area contributed by atoms with Crippen LogP contribution in [0.5, 0.6) is 0 Å². The fourth-order valence-electron chi connectivity index (χ4n) is 1.30. The van der Waals surface area contributed by atoms with Crippen molar-refractivity contribution in [3.8, 4) is 0 Å². The monoisotopic (exact) mass is 235 g/mol. The number of halogens is 1. The molecule has 0 aliphatic rings. The fraction of sp³-hybridized carbons (Fsp3) is 0.182. The molecular weight excluding hydrogens is 225 g/mol. The molecular formula is C11H10FN3O2. The molecule has 0 unspecified atom stereocenters. The quantitative estimate of drug-likeness (QED) is 0.865. The number of hydrogen-bond acceptors (Lipinski definition) is 4. The summed E-state index contributed by atoms with van der Waals surface area (Å²) in [6.45, 7) is 3.23. The van der Waals surface area contributed by atoms with E-state index in [2.05, 4.69) is 15.5 Å². The second-order valence-corrected chi connectivity index (χ2v) is 3.56. The molecule has 0 saturated heterocycles. The number of aryl methyl sites for hydroxylation is 2. The summed E-state index contributed by atoms with van der Waals surface area (Å²) in [6.07, 6.45) is 0. The Morgan fingerprint density at radius 3 is 2.76 bits per heavy atom. The highest BCUT2D eigenvalue weighted by Crippen LogP contribution is 2.11. The third kappa shape index (κ3) is 2.47. The molecule has 2 rings (SSSR count). The van der Waals surface area contributed by atoms with E-state index in [1.807, 2.05) is 0 Å². The Bertz CT molecular complexity index is 566. The average molecular weight is 235 g/mol. The zero-order valence-corrected chi connectivity index (χ0v) is 9.32. The number of aromatic nitrogens is 2. The first-order valence-electron chi connectivity index (χ1n) is 4.94. The summed E-state index contributed by atoms with van der Waals surface area (Å²) in [5, 5.41) is 5.96. The van der Waals surface area contributed by atoms with Crippen LogP contribution in [-0.4, -0.2) is 16.0 Å². The topological polar surface area (TPSA) is 68.0 Å². The lowest BCUT2D eigenvalue weighted by Gasteiger charge is -2.02. The van der Waals surface area contributed by atoms with Crippen LogP contribution in [0.2, 0.25) is 0 Å². The van der Waals surface area contributed by atoms with Crippen LogP contribution in [0.4, 0.5) is 10.4 Å². The highest BCUT2D eigenvalue weighted by Gasteiger charge is 2.11.